The number of urea groups is 1. The van der Waals surface area contributed by atoms with E-state index in [-0.39, 0.29) is 12.6 Å². The normalized spacial score (nSPS) is 10.6. The minimum absolute atomic E-state index is 0.277. The van der Waals surface area contributed by atoms with E-state index in [4.69, 9.17) is 16.0 Å². The number of carbonyl (C=O) groups is 1. The molecule has 1 heterocycles. The zero-order valence-electron chi connectivity index (χ0n) is 14.9. The molecule has 3 rings (SSSR count). The van der Waals surface area contributed by atoms with Crippen LogP contribution in [0.5, 0.6) is 0 Å². The maximum absolute atomic E-state index is 12.1. The Morgan fingerprint density at radius 3 is 2.62 bits per heavy atom. The molecule has 0 bridgehead atoms. The predicted octanol–water partition coefficient (Wildman–Crippen LogP) is 5.24. The van der Waals surface area contributed by atoms with E-state index >= 15 is 0 Å². The highest BCUT2D eigenvalue weighted by molar-refractivity contribution is 6.31. The van der Waals surface area contributed by atoms with Gasteiger partial charge >= 0.3 is 6.03 Å². The zero-order valence-corrected chi connectivity index (χ0v) is 15.6. The summed E-state index contributed by atoms with van der Waals surface area (Å²) in [5, 5.41) is 6.24. The third-order valence-corrected chi connectivity index (χ3v) is 4.52. The Balaban J connectivity index is 1.65. The number of carbonyl (C=O) groups excluding carboxylic acids is 1. The third-order valence-electron chi connectivity index (χ3n) is 4.10. The quantitative estimate of drug-likeness (QED) is 0.660. The van der Waals surface area contributed by atoms with Crippen LogP contribution in [0, 0.1) is 20.8 Å². The first-order valence-electron chi connectivity index (χ1n) is 8.27. The van der Waals surface area contributed by atoms with Crippen LogP contribution in [0.25, 0.3) is 11.5 Å². The molecule has 26 heavy (non-hydrogen) atoms. The fraction of sp³-hybridized carbons (Fsp3) is 0.200. The molecule has 0 saturated carbocycles. The standard InChI is InChI=1S/C20H20ClN3O2/c1-12-6-4-5-7-16(12)19-24-18(14(3)26-19)11-22-20(25)23-15-8-9-17(21)13(2)10-15/h4-10H,11H2,1-3H3,(H2,22,23,25). The molecule has 0 atom stereocenters. The number of anilines is 1. The van der Waals surface area contributed by atoms with Gasteiger partial charge in [-0.1, -0.05) is 29.8 Å². The highest BCUT2D eigenvalue weighted by Crippen LogP contribution is 2.24. The van der Waals surface area contributed by atoms with Crippen molar-refractivity contribution in [2.75, 3.05) is 5.32 Å². The van der Waals surface area contributed by atoms with Crippen LogP contribution in [0.1, 0.15) is 22.6 Å². The summed E-state index contributed by atoms with van der Waals surface area (Å²) < 4.78 is 5.76. The second kappa shape index (κ2) is 7.62. The van der Waals surface area contributed by atoms with E-state index < -0.39 is 0 Å². The van der Waals surface area contributed by atoms with Gasteiger partial charge in [-0.15, -0.1) is 0 Å². The van der Waals surface area contributed by atoms with Gasteiger partial charge in [-0.25, -0.2) is 9.78 Å². The molecule has 0 aliphatic rings. The molecule has 0 aliphatic carbocycles. The van der Waals surface area contributed by atoms with Crippen LogP contribution < -0.4 is 10.6 Å². The van der Waals surface area contributed by atoms with Gasteiger partial charge in [-0.3, -0.25) is 0 Å². The lowest BCUT2D eigenvalue weighted by Gasteiger charge is -2.08. The summed E-state index contributed by atoms with van der Waals surface area (Å²) in [6, 6.07) is 12.9. The number of nitrogens with one attached hydrogen (secondary N) is 2. The Labute approximate surface area is 157 Å². The second-order valence-electron chi connectivity index (χ2n) is 6.11. The Morgan fingerprint density at radius 2 is 1.88 bits per heavy atom. The van der Waals surface area contributed by atoms with Crippen LogP contribution >= 0.6 is 11.6 Å². The summed E-state index contributed by atoms with van der Waals surface area (Å²) in [5.41, 5.74) is 4.32. The first-order chi connectivity index (χ1) is 12.4. The molecule has 5 nitrogen and oxygen atoms in total. The molecule has 6 heteroatoms. The number of aryl methyl sites for hydroxylation is 3. The number of hydrogen-bond donors (Lipinski definition) is 2. The largest absolute Gasteiger partial charge is 0.441 e. The summed E-state index contributed by atoms with van der Waals surface area (Å²) in [5.74, 6) is 1.25. The van der Waals surface area contributed by atoms with Crippen LogP contribution in [0.4, 0.5) is 10.5 Å². The molecular formula is C20H20ClN3O2. The summed E-state index contributed by atoms with van der Waals surface area (Å²) in [4.78, 5) is 16.6. The smallest absolute Gasteiger partial charge is 0.319 e. The molecule has 0 radical (unpaired) electrons. The molecule has 2 N–H and O–H groups in total. The minimum Gasteiger partial charge on any atom is -0.441 e. The molecule has 3 aromatic rings. The molecule has 1 aromatic heterocycles. The Hall–Kier alpha value is -2.79. The van der Waals surface area contributed by atoms with E-state index in [1.807, 2.05) is 51.1 Å². The maximum Gasteiger partial charge on any atom is 0.319 e. The van der Waals surface area contributed by atoms with Gasteiger partial charge in [0.25, 0.3) is 0 Å². The van der Waals surface area contributed by atoms with Crippen molar-refractivity contribution in [3.8, 4) is 11.5 Å². The van der Waals surface area contributed by atoms with E-state index in [2.05, 4.69) is 15.6 Å². The number of amides is 2. The number of benzene rings is 2. The number of hydrogen-bond acceptors (Lipinski definition) is 3. The van der Waals surface area contributed by atoms with Crippen molar-refractivity contribution < 1.29 is 9.21 Å². The number of aromatic nitrogens is 1. The monoisotopic (exact) mass is 369 g/mol. The molecule has 0 saturated heterocycles. The van der Waals surface area contributed by atoms with Crippen molar-refractivity contribution in [1.82, 2.24) is 10.3 Å². The maximum atomic E-state index is 12.1. The number of nitrogens with zero attached hydrogens (tertiary/aromatic N) is 1. The topological polar surface area (TPSA) is 67.2 Å². The van der Waals surface area contributed by atoms with Gasteiger partial charge in [0.05, 0.1) is 6.54 Å². The number of halogens is 1. The summed E-state index contributed by atoms with van der Waals surface area (Å²) >= 11 is 5.99. The summed E-state index contributed by atoms with van der Waals surface area (Å²) in [6.07, 6.45) is 0. The van der Waals surface area contributed by atoms with Crippen LogP contribution in [-0.2, 0) is 6.54 Å². The van der Waals surface area contributed by atoms with Crippen molar-refractivity contribution in [3.63, 3.8) is 0 Å². The van der Waals surface area contributed by atoms with Gasteiger partial charge in [-0.2, -0.15) is 0 Å². The SMILES string of the molecule is Cc1cc(NC(=O)NCc2nc(-c3ccccc3C)oc2C)ccc1Cl. The first kappa shape index (κ1) is 18.0. The van der Waals surface area contributed by atoms with Gasteiger partial charge in [-0.05, 0) is 56.2 Å². The molecule has 0 spiro atoms. The van der Waals surface area contributed by atoms with Gasteiger partial charge in [0.1, 0.15) is 11.5 Å². The van der Waals surface area contributed by atoms with Crippen molar-refractivity contribution in [2.45, 2.75) is 27.3 Å². The van der Waals surface area contributed by atoms with Crippen LogP contribution in [0.2, 0.25) is 5.02 Å². The first-order valence-corrected chi connectivity index (χ1v) is 8.65. The summed E-state index contributed by atoms with van der Waals surface area (Å²) in [6.45, 7) is 6.01. The van der Waals surface area contributed by atoms with Crippen molar-refractivity contribution in [2.24, 2.45) is 0 Å². The van der Waals surface area contributed by atoms with Crippen LogP contribution in [0.15, 0.2) is 46.9 Å². The van der Waals surface area contributed by atoms with Gasteiger partial charge in [0.15, 0.2) is 0 Å². The Morgan fingerprint density at radius 1 is 1.12 bits per heavy atom. The van der Waals surface area contributed by atoms with Crippen molar-refractivity contribution in [1.29, 1.82) is 0 Å². The molecule has 0 unspecified atom stereocenters. The minimum atomic E-state index is -0.313. The second-order valence-corrected chi connectivity index (χ2v) is 6.52. The fourth-order valence-corrected chi connectivity index (χ4v) is 2.70. The number of oxazole rings is 1. The van der Waals surface area contributed by atoms with E-state index in [1.54, 1.807) is 12.1 Å². The van der Waals surface area contributed by atoms with E-state index in [9.17, 15) is 4.79 Å². The molecule has 2 aromatic carbocycles. The van der Waals surface area contributed by atoms with Crippen molar-refractivity contribution >= 4 is 23.3 Å². The predicted molar refractivity (Wildman–Crippen MR) is 103 cm³/mol. The van der Waals surface area contributed by atoms with E-state index in [0.717, 1.165) is 16.7 Å². The van der Waals surface area contributed by atoms with Crippen LogP contribution in [-0.4, -0.2) is 11.0 Å². The highest BCUT2D eigenvalue weighted by atomic mass is 35.5. The lowest BCUT2D eigenvalue weighted by molar-refractivity contribution is 0.251. The lowest BCUT2D eigenvalue weighted by atomic mass is 10.1. The Bertz CT molecular complexity index is 950. The molecule has 0 fully saturated rings. The zero-order chi connectivity index (χ0) is 18.7. The number of rotatable bonds is 4. The van der Waals surface area contributed by atoms with Crippen LogP contribution in [0.3, 0.4) is 0 Å². The molecule has 2 amide bonds. The molecule has 134 valence electrons. The van der Waals surface area contributed by atoms with Crippen molar-refractivity contribution in [3.05, 3.63) is 70.1 Å². The summed E-state index contributed by atoms with van der Waals surface area (Å²) in [7, 11) is 0. The van der Waals surface area contributed by atoms with E-state index in [1.165, 1.54) is 0 Å². The average Bonchev–Trinajstić information content (AvgIpc) is 2.97. The lowest BCUT2D eigenvalue weighted by Crippen LogP contribution is -2.28. The molecule has 0 aliphatic heterocycles. The average molecular weight is 370 g/mol. The molecular weight excluding hydrogens is 350 g/mol. The van der Waals surface area contributed by atoms with Gasteiger partial charge < -0.3 is 15.1 Å². The Kier molecular flexibility index (Phi) is 5.28. The van der Waals surface area contributed by atoms with Gasteiger partial charge in [0.2, 0.25) is 5.89 Å². The fourth-order valence-electron chi connectivity index (χ4n) is 2.58. The van der Waals surface area contributed by atoms with Gasteiger partial charge in [0, 0.05) is 16.3 Å². The van der Waals surface area contributed by atoms with E-state index in [0.29, 0.717) is 28.1 Å². The third kappa shape index (κ3) is 4.06. The highest BCUT2D eigenvalue weighted by Gasteiger charge is 2.13.